The highest BCUT2D eigenvalue weighted by atomic mass is 16.5. The number of anilines is 2. The maximum atomic E-state index is 10.1. The van der Waals surface area contributed by atoms with Crippen LogP contribution >= 0.6 is 0 Å². The van der Waals surface area contributed by atoms with Gasteiger partial charge in [-0.1, -0.05) is 36.4 Å². The van der Waals surface area contributed by atoms with E-state index in [0.29, 0.717) is 24.6 Å². The molecule has 158 valence electrons. The van der Waals surface area contributed by atoms with Crippen LogP contribution in [0.25, 0.3) is 0 Å². The topological polar surface area (TPSA) is 83.0 Å². The number of aliphatic hydroxyl groups excluding tert-OH is 2. The molecule has 0 saturated carbocycles. The third-order valence-corrected chi connectivity index (χ3v) is 4.34. The molecule has 6 heteroatoms. The summed E-state index contributed by atoms with van der Waals surface area (Å²) >= 11 is 0. The molecule has 0 spiro atoms. The van der Waals surface area contributed by atoms with Gasteiger partial charge >= 0.3 is 0 Å². The summed E-state index contributed by atoms with van der Waals surface area (Å²) in [5, 5.41) is 26.4. The van der Waals surface area contributed by atoms with Gasteiger partial charge in [0.05, 0.1) is 0 Å². The molecular formula is C24H28N2O4. The largest absolute Gasteiger partial charge is 0.491 e. The number of hydrogen-bond acceptors (Lipinski definition) is 6. The molecule has 0 amide bonds. The third-order valence-electron chi connectivity index (χ3n) is 4.34. The van der Waals surface area contributed by atoms with Gasteiger partial charge in [0.2, 0.25) is 0 Å². The molecule has 0 aliphatic heterocycles. The first-order chi connectivity index (χ1) is 14.7. The standard InChI is InChI=1S/C24H28N2O4/c27-21(15-25-19-7-3-1-4-8-19)17-29-23-11-13-24(14-12-23)30-18-22(28)16-26-20-9-5-2-6-10-20/h1-14,21-22,25-28H,15-18H2/t21-,22+. The predicted molar refractivity (Wildman–Crippen MR) is 119 cm³/mol. The molecule has 0 bridgehead atoms. The normalized spacial score (nSPS) is 12.6. The summed E-state index contributed by atoms with van der Waals surface area (Å²) in [4.78, 5) is 0. The highest BCUT2D eigenvalue weighted by Gasteiger charge is 2.07. The second-order valence-corrected chi connectivity index (χ2v) is 6.89. The molecule has 4 N–H and O–H groups in total. The Morgan fingerprint density at radius 1 is 0.567 bits per heavy atom. The Kier molecular flexibility index (Phi) is 8.38. The lowest BCUT2D eigenvalue weighted by atomic mass is 10.3. The summed E-state index contributed by atoms with van der Waals surface area (Å²) < 4.78 is 11.2. The number of ether oxygens (including phenoxy) is 2. The molecule has 0 aliphatic rings. The number of benzene rings is 3. The van der Waals surface area contributed by atoms with Crippen molar-refractivity contribution in [3.8, 4) is 11.5 Å². The van der Waals surface area contributed by atoms with Crippen molar-refractivity contribution in [1.29, 1.82) is 0 Å². The fourth-order valence-corrected chi connectivity index (χ4v) is 2.72. The summed E-state index contributed by atoms with van der Waals surface area (Å²) in [7, 11) is 0. The lowest BCUT2D eigenvalue weighted by Gasteiger charge is -2.15. The number of para-hydroxylation sites is 2. The molecule has 0 heterocycles. The van der Waals surface area contributed by atoms with Crippen LogP contribution in [0.15, 0.2) is 84.9 Å². The van der Waals surface area contributed by atoms with Gasteiger partial charge in [-0.2, -0.15) is 0 Å². The molecule has 3 aromatic rings. The van der Waals surface area contributed by atoms with E-state index in [4.69, 9.17) is 9.47 Å². The van der Waals surface area contributed by atoms with Crippen molar-refractivity contribution in [2.75, 3.05) is 36.9 Å². The van der Waals surface area contributed by atoms with Crippen LogP contribution in [0.1, 0.15) is 0 Å². The Labute approximate surface area is 177 Å². The highest BCUT2D eigenvalue weighted by Crippen LogP contribution is 2.18. The molecular weight excluding hydrogens is 380 g/mol. The zero-order valence-electron chi connectivity index (χ0n) is 16.8. The smallest absolute Gasteiger partial charge is 0.119 e. The minimum atomic E-state index is -0.631. The molecule has 0 aliphatic carbocycles. The molecule has 0 fully saturated rings. The van der Waals surface area contributed by atoms with Gasteiger partial charge in [0.25, 0.3) is 0 Å². The molecule has 0 saturated heterocycles. The van der Waals surface area contributed by atoms with Gasteiger partial charge in [-0.3, -0.25) is 0 Å². The van der Waals surface area contributed by atoms with Crippen molar-refractivity contribution in [3.05, 3.63) is 84.9 Å². The molecule has 0 radical (unpaired) electrons. The van der Waals surface area contributed by atoms with Gasteiger partial charge in [0.15, 0.2) is 0 Å². The summed E-state index contributed by atoms with van der Waals surface area (Å²) in [6.45, 7) is 1.17. The van der Waals surface area contributed by atoms with E-state index in [-0.39, 0.29) is 13.2 Å². The minimum absolute atomic E-state index is 0.184. The summed E-state index contributed by atoms with van der Waals surface area (Å²) in [5.74, 6) is 1.29. The highest BCUT2D eigenvalue weighted by molar-refractivity contribution is 5.43. The predicted octanol–water partition coefficient (Wildman–Crippen LogP) is 3.39. The van der Waals surface area contributed by atoms with Crippen LogP contribution < -0.4 is 20.1 Å². The molecule has 6 nitrogen and oxygen atoms in total. The SMILES string of the molecule is O[C@H](CNc1ccccc1)COc1ccc(OC[C@@H](O)CNc2ccccc2)cc1. The maximum Gasteiger partial charge on any atom is 0.119 e. The quantitative estimate of drug-likeness (QED) is 0.368. The van der Waals surface area contributed by atoms with E-state index in [2.05, 4.69) is 10.6 Å². The molecule has 0 aromatic heterocycles. The van der Waals surface area contributed by atoms with Crippen molar-refractivity contribution in [2.45, 2.75) is 12.2 Å². The number of hydrogen-bond donors (Lipinski definition) is 4. The zero-order chi connectivity index (χ0) is 21.0. The molecule has 30 heavy (non-hydrogen) atoms. The fraction of sp³-hybridized carbons (Fsp3) is 0.250. The minimum Gasteiger partial charge on any atom is -0.491 e. The van der Waals surface area contributed by atoms with Gasteiger partial charge in [0, 0.05) is 24.5 Å². The molecule has 2 atom stereocenters. The third kappa shape index (κ3) is 7.66. The van der Waals surface area contributed by atoms with Gasteiger partial charge in [-0.15, -0.1) is 0 Å². The zero-order valence-corrected chi connectivity index (χ0v) is 16.8. The Balaban J connectivity index is 1.33. The lowest BCUT2D eigenvalue weighted by molar-refractivity contribution is 0.115. The van der Waals surface area contributed by atoms with Crippen LogP contribution in [0, 0.1) is 0 Å². The van der Waals surface area contributed by atoms with E-state index in [1.807, 2.05) is 60.7 Å². The van der Waals surface area contributed by atoms with E-state index in [0.717, 1.165) is 11.4 Å². The van der Waals surface area contributed by atoms with Crippen LogP contribution in [0.2, 0.25) is 0 Å². The van der Waals surface area contributed by atoms with Gasteiger partial charge < -0.3 is 30.3 Å². The second kappa shape index (κ2) is 11.7. The summed E-state index contributed by atoms with van der Waals surface area (Å²) in [5.41, 5.74) is 1.92. The first-order valence-corrected chi connectivity index (χ1v) is 9.98. The van der Waals surface area contributed by atoms with E-state index in [1.54, 1.807) is 24.3 Å². The van der Waals surface area contributed by atoms with E-state index in [9.17, 15) is 10.2 Å². The Bertz CT molecular complexity index is 772. The summed E-state index contributed by atoms with van der Waals surface area (Å²) in [6.07, 6.45) is -1.26. The Morgan fingerprint density at radius 3 is 1.30 bits per heavy atom. The first-order valence-electron chi connectivity index (χ1n) is 9.98. The van der Waals surface area contributed by atoms with Gasteiger partial charge in [-0.25, -0.2) is 0 Å². The van der Waals surface area contributed by atoms with Crippen molar-refractivity contribution in [2.24, 2.45) is 0 Å². The van der Waals surface area contributed by atoms with Crippen LogP contribution in [-0.2, 0) is 0 Å². The van der Waals surface area contributed by atoms with Crippen molar-refractivity contribution in [3.63, 3.8) is 0 Å². The molecule has 3 rings (SSSR count). The number of rotatable bonds is 12. The fourth-order valence-electron chi connectivity index (χ4n) is 2.72. The average molecular weight is 408 g/mol. The van der Waals surface area contributed by atoms with E-state index < -0.39 is 12.2 Å². The molecule has 0 unspecified atom stereocenters. The monoisotopic (exact) mass is 408 g/mol. The molecule has 3 aromatic carbocycles. The first kappa shape index (κ1) is 21.5. The second-order valence-electron chi connectivity index (χ2n) is 6.89. The van der Waals surface area contributed by atoms with Crippen molar-refractivity contribution in [1.82, 2.24) is 0 Å². The van der Waals surface area contributed by atoms with Crippen LogP contribution in [-0.4, -0.2) is 48.7 Å². The van der Waals surface area contributed by atoms with Gasteiger partial charge in [0.1, 0.15) is 36.9 Å². The Hall–Kier alpha value is -3.22. The van der Waals surface area contributed by atoms with E-state index >= 15 is 0 Å². The lowest BCUT2D eigenvalue weighted by Crippen LogP contribution is -2.26. The maximum absolute atomic E-state index is 10.1. The van der Waals surface area contributed by atoms with Crippen LogP contribution in [0.3, 0.4) is 0 Å². The van der Waals surface area contributed by atoms with Crippen LogP contribution in [0.4, 0.5) is 11.4 Å². The van der Waals surface area contributed by atoms with Gasteiger partial charge in [-0.05, 0) is 48.5 Å². The van der Waals surface area contributed by atoms with E-state index in [1.165, 1.54) is 0 Å². The van der Waals surface area contributed by atoms with Crippen molar-refractivity contribution < 1.29 is 19.7 Å². The van der Waals surface area contributed by atoms with Crippen LogP contribution in [0.5, 0.6) is 11.5 Å². The number of aliphatic hydroxyl groups is 2. The summed E-state index contributed by atoms with van der Waals surface area (Å²) in [6, 6.07) is 26.5. The average Bonchev–Trinajstić information content (AvgIpc) is 2.80. The Morgan fingerprint density at radius 2 is 0.933 bits per heavy atom. The van der Waals surface area contributed by atoms with Crippen molar-refractivity contribution >= 4 is 11.4 Å². The number of nitrogens with one attached hydrogen (secondary N) is 2.